The van der Waals surface area contributed by atoms with E-state index < -0.39 is 0 Å². The smallest absolute Gasteiger partial charge is 0.271 e. The van der Waals surface area contributed by atoms with Gasteiger partial charge in [-0.05, 0) is 43.7 Å². The summed E-state index contributed by atoms with van der Waals surface area (Å²) in [6.07, 6.45) is 3.36. The molecule has 1 amide bonds. The molecule has 0 radical (unpaired) electrons. The maximum Gasteiger partial charge on any atom is 0.271 e. The number of aromatic amines is 1. The first-order valence-corrected chi connectivity index (χ1v) is 9.27. The normalized spacial score (nSPS) is 18.1. The summed E-state index contributed by atoms with van der Waals surface area (Å²) in [4.78, 5) is 22.3. The predicted octanol–water partition coefficient (Wildman–Crippen LogP) is 1.15. The van der Waals surface area contributed by atoms with E-state index in [1.54, 1.807) is 16.9 Å². The van der Waals surface area contributed by atoms with E-state index in [2.05, 4.69) is 25.3 Å². The van der Waals surface area contributed by atoms with Crippen LogP contribution < -0.4 is 5.32 Å². The molecule has 8 nitrogen and oxygen atoms in total. The summed E-state index contributed by atoms with van der Waals surface area (Å²) in [6, 6.07) is 7.58. The van der Waals surface area contributed by atoms with Crippen molar-refractivity contribution in [2.45, 2.75) is 18.9 Å². The number of hydrogen-bond donors (Lipinski definition) is 3. The molecule has 1 fully saturated rings. The van der Waals surface area contributed by atoms with E-state index in [0.29, 0.717) is 18.8 Å². The first kappa shape index (κ1) is 17.7. The number of H-pyrrole nitrogens is 1. The van der Waals surface area contributed by atoms with Crippen molar-refractivity contribution in [2.24, 2.45) is 7.05 Å². The van der Waals surface area contributed by atoms with Gasteiger partial charge in [0.15, 0.2) is 5.69 Å². The van der Waals surface area contributed by atoms with E-state index in [1.807, 2.05) is 25.2 Å². The molecule has 3 N–H and O–H groups in total. The second kappa shape index (κ2) is 7.50. The number of pyridine rings is 1. The number of aliphatic hydroxyl groups is 1. The SMILES string of the molecule is Cn1nc(C(=O)NCCN2CCCC(O)C2)cc1-c1cc2ncccc2[nH]1. The summed E-state index contributed by atoms with van der Waals surface area (Å²) >= 11 is 0. The average molecular weight is 368 g/mol. The zero-order valence-electron chi connectivity index (χ0n) is 15.4. The Morgan fingerprint density at radius 3 is 3.15 bits per heavy atom. The number of hydrogen-bond acceptors (Lipinski definition) is 5. The van der Waals surface area contributed by atoms with Gasteiger partial charge in [0.05, 0.1) is 28.5 Å². The molecule has 1 aliphatic rings. The lowest BCUT2D eigenvalue weighted by Gasteiger charge is -2.29. The van der Waals surface area contributed by atoms with E-state index in [0.717, 1.165) is 48.4 Å². The minimum atomic E-state index is -0.251. The minimum Gasteiger partial charge on any atom is -0.392 e. The molecule has 142 valence electrons. The molecule has 0 bridgehead atoms. The Morgan fingerprint density at radius 2 is 2.33 bits per heavy atom. The van der Waals surface area contributed by atoms with Crippen molar-refractivity contribution in [3.05, 3.63) is 36.2 Å². The zero-order chi connectivity index (χ0) is 18.8. The number of aromatic nitrogens is 4. The lowest BCUT2D eigenvalue weighted by molar-refractivity contribution is 0.0702. The molecule has 1 unspecified atom stereocenters. The average Bonchev–Trinajstić information content (AvgIpc) is 3.25. The Hall–Kier alpha value is -2.71. The second-order valence-electron chi connectivity index (χ2n) is 7.01. The van der Waals surface area contributed by atoms with E-state index in [-0.39, 0.29) is 12.0 Å². The van der Waals surface area contributed by atoms with Gasteiger partial charge in [-0.1, -0.05) is 0 Å². The molecule has 0 aromatic carbocycles. The lowest BCUT2D eigenvalue weighted by Crippen LogP contribution is -2.42. The highest BCUT2D eigenvalue weighted by Gasteiger charge is 2.18. The van der Waals surface area contributed by atoms with Crippen LogP contribution in [0.15, 0.2) is 30.5 Å². The quantitative estimate of drug-likeness (QED) is 0.627. The van der Waals surface area contributed by atoms with Crippen molar-refractivity contribution in [3.8, 4) is 11.4 Å². The number of likely N-dealkylation sites (tertiary alicyclic amines) is 1. The van der Waals surface area contributed by atoms with Crippen molar-refractivity contribution in [1.29, 1.82) is 0 Å². The Labute approximate surface area is 157 Å². The molecule has 1 atom stereocenters. The molecule has 3 aromatic rings. The number of carbonyl (C=O) groups is 1. The fourth-order valence-electron chi connectivity index (χ4n) is 3.58. The van der Waals surface area contributed by atoms with Gasteiger partial charge < -0.3 is 15.4 Å². The fourth-order valence-corrected chi connectivity index (χ4v) is 3.58. The van der Waals surface area contributed by atoms with Crippen molar-refractivity contribution < 1.29 is 9.90 Å². The van der Waals surface area contributed by atoms with Crippen molar-refractivity contribution in [2.75, 3.05) is 26.2 Å². The van der Waals surface area contributed by atoms with Gasteiger partial charge >= 0.3 is 0 Å². The van der Waals surface area contributed by atoms with Crippen LogP contribution in [0.3, 0.4) is 0 Å². The van der Waals surface area contributed by atoms with Crippen molar-refractivity contribution in [3.63, 3.8) is 0 Å². The largest absolute Gasteiger partial charge is 0.392 e. The number of amides is 1. The zero-order valence-corrected chi connectivity index (χ0v) is 15.4. The van der Waals surface area contributed by atoms with Crippen LogP contribution in [-0.4, -0.2) is 67.9 Å². The summed E-state index contributed by atoms with van der Waals surface area (Å²) in [6.45, 7) is 2.91. The van der Waals surface area contributed by atoms with Crippen LogP contribution in [0.5, 0.6) is 0 Å². The van der Waals surface area contributed by atoms with Crippen LogP contribution in [-0.2, 0) is 7.05 Å². The molecule has 8 heteroatoms. The number of rotatable bonds is 5. The third kappa shape index (κ3) is 3.86. The Morgan fingerprint density at radius 1 is 1.44 bits per heavy atom. The third-order valence-corrected chi connectivity index (χ3v) is 4.97. The van der Waals surface area contributed by atoms with Crippen LogP contribution in [0, 0.1) is 0 Å². The summed E-state index contributed by atoms with van der Waals surface area (Å²) in [5.74, 6) is -0.191. The van der Waals surface area contributed by atoms with Crippen LogP contribution in [0.2, 0.25) is 0 Å². The van der Waals surface area contributed by atoms with Gasteiger partial charge in [-0.15, -0.1) is 0 Å². The van der Waals surface area contributed by atoms with Gasteiger partial charge in [0, 0.05) is 32.9 Å². The number of nitrogens with one attached hydrogen (secondary N) is 2. The minimum absolute atomic E-state index is 0.191. The van der Waals surface area contributed by atoms with E-state index in [4.69, 9.17) is 0 Å². The molecule has 4 rings (SSSR count). The molecule has 1 saturated heterocycles. The number of nitrogens with zero attached hydrogens (tertiary/aromatic N) is 4. The number of carbonyl (C=O) groups excluding carboxylic acids is 1. The maximum absolute atomic E-state index is 12.4. The number of fused-ring (bicyclic) bond motifs is 1. The summed E-state index contributed by atoms with van der Waals surface area (Å²) in [7, 11) is 1.82. The van der Waals surface area contributed by atoms with E-state index in [9.17, 15) is 9.90 Å². The molecule has 0 aliphatic carbocycles. The van der Waals surface area contributed by atoms with Crippen molar-refractivity contribution in [1.82, 2.24) is 30.0 Å². The summed E-state index contributed by atoms with van der Waals surface area (Å²) < 4.78 is 1.70. The highest BCUT2D eigenvalue weighted by molar-refractivity contribution is 5.93. The van der Waals surface area contributed by atoms with Crippen LogP contribution in [0.25, 0.3) is 22.4 Å². The van der Waals surface area contributed by atoms with Gasteiger partial charge in [-0.3, -0.25) is 19.4 Å². The molecule has 4 heterocycles. The first-order valence-electron chi connectivity index (χ1n) is 9.27. The Balaban J connectivity index is 1.40. The molecule has 1 aliphatic heterocycles. The lowest BCUT2D eigenvalue weighted by atomic mass is 10.1. The maximum atomic E-state index is 12.4. The molecule has 27 heavy (non-hydrogen) atoms. The number of piperidine rings is 1. The monoisotopic (exact) mass is 368 g/mol. The van der Waals surface area contributed by atoms with Crippen molar-refractivity contribution >= 4 is 16.9 Å². The molecular formula is C19H24N6O2. The van der Waals surface area contributed by atoms with Crippen LogP contribution >= 0.6 is 0 Å². The molecule has 3 aromatic heterocycles. The van der Waals surface area contributed by atoms with Crippen LogP contribution in [0.1, 0.15) is 23.3 Å². The van der Waals surface area contributed by atoms with Gasteiger partial charge in [-0.25, -0.2) is 0 Å². The van der Waals surface area contributed by atoms with Gasteiger partial charge in [-0.2, -0.15) is 5.10 Å². The highest BCUT2D eigenvalue weighted by atomic mass is 16.3. The Bertz CT molecular complexity index is 914. The number of aryl methyl sites for hydroxylation is 1. The molecular weight excluding hydrogens is 344 g/mol. The first-order chi connectivity index (χ1) is 13.1. The highest BCUT2D eigenvalue weighted by Crippen LogP contribution is 2.23. The predicted molar refractivity (Wildman–Crippen MR) is 102 cm³/mol. The summed E-state index contributed by atoms with van der Waals surface area (Å²) in [5, 5.41) is 17.0. The van der Waals surface area contributed by atoms with E-state index >= 15 is 0 Å². The number of β-amino-alcohol motifs (C(OH)–C–C–N with tert-alkyl or cyclic N) is 1. The standard InChI is InChI=1S/C19H24N6O2/c1-24-18(16-10-15-14(22-16)5-2-6-20-15)11-17(23-24)19(27)21-7-9-25-8-3-4-13(26)12-25/h2,5-6,10-11,13,22,26H,3-4,7-9,12H2,1H3,(H,21,27). The van der Waals surface area contributed by atoms with E-state index in [1.165, 1.54) is 0 Å². The second-order valence-corrected chi connectivity index (χ2v) is 7.01. The summed E-state index contributed by atoms with van der Waals surface area (Å²) in [5.41, 5.74) is 3.92. The molecule has 0 spiro atoms. The third-order valence-electron chi connectivity index (χ3n) is 4.97. The van der Waals surface area contributed by atoms with Gasteiger partial charge in [0.25, 0.3) is 5.91 Å². The Kier molecular flexibility index (Phi) is 4.91. The number of aliphatic hydroxyl groups excluding tert-OH is 1. The van der Waals surface area contributed by atoms with Crippen LogP contribution in [0.4, 0.5) is 0 Å². The van der Waals surface area contributed by atoms with Gasteiger partial charge in [0.1, 0.15) is 0 Å². The van der Waals surface area contributed by atoms with Gasteiger partial charge in [0.2, 0.25) is 0 Å². The topological polar surface area (TPSA) is 99.1 Å². The molecule has 0 saturated carbocycles. The fraction of sp³-hybridized carbons (Fsp3) is 0.421.